The highest BCUT2D eigenvalue weighted by Gasteiger charge is 2.63. The van der Waals surface area contributed by atoms with Crippen molar-refractivity contribution in [2.24, 2.45) is 5.92 Å². The second-order valence-electron chi connectivity index (χ2n) is 6.41. The van der Waals surface area contributed by atoms with Crippen LogP contribution in [-0.4, -0.2) is 67.3 Å². The molecule has 0 aliphatic carbocycles. The van der Waals surface area contributed by atoms with E-state index in [0.29, 0.717) is 18.7 Å². The molecule has 2 saturated heterocycles. The maximum atomic E-state index is 12.5. The number of carboxylic acid groups (broad SMARTS) is 1. The summed E-state index contributed by atoms with van der Waals surface area (Å²) in [4.78, 5) is 39.1. The number of β-lactam (4-membered cyclic amide) rings is 1. The van der Waals surface area contributed by atoms with Gasteiger partial charge < -0.3 is 10.0 Å². The number of carbonyl (C=O) groups is 3. The predicted molar refractivity (Wildman–Crippen MR) is 89.9 cm³/mol. The Hall–Kier alpha value is -1.94. The summed E-state index contributed by atoms with van der Waals surface area (Å²) in [5.74, 6) is -0.954. The predicted octanol–water partition coefficient (Wildman–Crippen LogP) is 0.739. The molecule has 0 bridgehead atoms. The van der Waals surface area contributed by atoms with E-state index in [0.717, 1.165) is 14.9 Å². The van der Waals surface area contributed by atoms with E-state index in [4.69, 9.17) is 0 Å². The summed E-state index contributed by atoms with van der Waals surface area (Å²) in [6, 6.07) is -0.683. The van der Waals surface area contributed by atoms with Crippen LogP contribution in [-0.2, 0) is 14.4 Å². The fourth-order valence-corrected chi connectivity index (χ4v) is 5.82. The van der Waals surface area contributed by atoms with Crippen molar-refractivity contribution < 1.29 is 19.5 Å². The summed E-state index contributed by atoms with van der Waals surface area (Å²) in [6.07, 6.45) is 0.584. The first-order valence-electron chi connectivity index (χ1n) is 7.87. The van der Waals surface area contributed by atoms with Crippen LogP contribution in [0.15, 0.2) is 15.6 Å². The average Bonchev–Trinajstić information content (AvgIpc) is 3.12. The molecule has 1 N–H and O–H groups in total. The van der Waals surface area contributed by atoms with E-state index < -0.39 is 12.0 Å². The van der Waals surface area contributed by atoms with E-state index in [1.165, 1.54) is 34.9 Å². The van der Waals surface area contributed by atoms with Gasteiger partial charge in [0.2, 0.25) is 5.91 Å². The highest BCUT2D eigenvalue weighted by molar-refractivity contribution is 8.01. The number of rotatable bonds is 4. The topological polar surface area (TPSA) is 104 Å². The van der Waals surface area contributed by atoms with Crippen LogP contribution in [0.5, 0.6) is 0 Å². The average molecular weight is 380 g/mol. The van der Waals surface area contributed by atoms with Crippen LogP contribution in [0, 0.1) is 12.8 Å². The molecule has 3 aliphatic heterocycles. The Kier molecular flexibility index (Phi) is 3.84. The molecule has 132 valence electrons. The third kappa shape index (κ3) is 2.46. The van der Waals surface area contributed by atoms with Gasteiger partial charge in [0.25, 0.3) is 5.91 Å². The number of likely N-dealkylation sites (tertiary alicyclic amines) is 1. The second-order valence-corrected chi connectivity index (χ2v) is 8.82. The number of carboxylic acids is 1. The van der Waals surface area contributed by atoms with E-state index in [2.05, 4.69) is 10.2 Å². The van der Waals surface area contributed by atoms with Crippen molar-refractivity contribution in [1.82, 2.24) is 20.0 Å². The van der Waals surface area contributed by atoms with Gasteiger partial charge in [-0.15, -0.1) is 10.2 Å². The lowest BCUT2D eigenvalue weighted by molar-refractivity contribution is -0.159. The summed E-state index contributed by atoms with van der Waals surface area (Å²) < 4.78 is 0.779. The van der Waals surface area contributed by atoms with Crippen molar-refractivity contribution in [3.8, 4) is 0 Å². The molecule has 0 radical (unpaired) electrons. The van der Waals surface area contributed by atoms with Crippen molar-refractivity contribution in [3.05, 3.63) is 16.3 Å². The molecule has 1 aromatic rings. The van der Waals surface area contributed by atoms with E-state index in [1.807, 2.05) is 6.92 Å². The minimum atomic E-state index is -1.09. The quantitative estimate of drug-likeness (QED) is 0.607. The minimum absolute atomic E-state index is 0.0849. The molecular weight excluding hydrogens is 364 g/mol. The first-order valence-corrected chi connectivity index (χ1v) is 9.67. The third-order valence-corrected chi connectivity index (χ3v) is 6.99. The number of carbonyl (C=O) groups excluding carboxylic acids is 2. The Morgan fingerprint density at radius 3 is 2.76 bits per heavy atom. The Bertz CT molecular complexity index is 820. The number of aromatic nitrogens is 2. The number of amides is 2. The second kappa shape index (κ2) is 5.80. The zero-order valence-corrected chi connectivity index (χ0v) is 15.3. The first-order chi connectivity index (χ1) is 11.9. The molecule has 0 saturated carbocycles. The Morgan fingerprint density at radius 2 is 2.16 bits per heavy atom. The zero-order valence-electron chi connectivity index (χ0n) is 13.6. The van der Waals surface area contributed by atoms with Gasteiger partial charge in [0.1, 0.15) is 16.7 Å². The first kappa shape index (κ1) is 16.5. The Balaban J connectivity index is 1.62. The lowest BCUT2D eigenvalue weighted by Crippen LogP contribution is -2.69. The number of aryl methyl sites for hydroxylation is 1. The van der Waals surface area contributed by atoms with Gasteiger partial charge in [-0.2, -0.15) is 0 Å². The SMILES string of the molecule is CC(=O)N1C[C@H]2CC(CSc3nnc(C)s3)=C(C(=O)O)N3C(=O)[C@@H]1[C@@H]23. The summed E-state index contributed by atoms with van der Waals surface area (Å²) in [5.41, 5.74) is 0.811. The molecule has 3 atom stereocenters. The Labute approximate surface area is 151 Å². The van der Waals surface area contributed by atoms with Gasteiger partial charge in [-0.05, 0) is 18.9 Å². The van der Waals surface area contributed by atoms with E-state index in [-0.39, 0.29) is 29.5 Å². The van der Waals surface area contributed by atoms with Crippen LogP contribution in [0.3, 0.4) is 0 Å². The van der Waals surface area contributed by atoms with Crippen molar-refractivity contribution in [2.45, 2.75) is 36.7 Å². The van der Waals surface area contributed by atoms with E-state index in [1.54, 1.807) is 4.90 Å². The van der Waals surface area contributed by atoms with Gasteiger partial charge in [0, 0.05) is 25.1 Å². The summed E-state index contributed by atoms with van der Waals surface area (Å²) in [6.45, 7) is 3.82. The molecule has 0 unspecified atom stereocenters. The molecule has 2 fully saturated rings. The smallest absolute Gasteiger partial charge is 0.352 e. The fourth-order valence-electron chi connectivity index (χ4n) is 3.97. The van der Waals surface area contributed by atoms with Gasteiger partial charge in [0.15, 0.2) is 4.34 Å². The summed E-state index contributed by atoms with van der Waals surface area (Å²) in [7, 11) is 0. The molecule has 2 amide bonds. The normalized spacial score (nSPS) is 27.4. The molecule has 4 rings (SSSR count). The van der Waals surface area contributed by atoms with Crippen molar-refractivity contribution in [3.63, 3.8) is 0 Å². The Morgan fingerprint density at radius 1 is 1.40 bits per heavy atom. The highest BCUT2D eigenvalue weighted by atomic mass is 32.2. The highest BCUT2D eigenvalue weighted by Crippen LogP contribution is 2.47. The van der Waals surface area contributed by atoms with Crippen LogP contribution in [0.2, 0.25) is 0 Å². The number of hydrogen-bond donors (Lipinski definition) is 1. The van der Waals surface area contributed by atoms with Gasteiger partial charge in [-0.25, -0.2) is 4.79 Å². The summed E-state index contributed by atoms with van der Waals surface area (Å²) in [5, 5.41) is 18.5. The molecular formula is C15H16N4O4S2. The van der Waals surface area contributed by atoms with Crippen LogP contribution >= 0.6 is 23.1 Å². The van der Waals surface area contributed by atoms with Crippen molar-refractivity contribution in [2.75, 3.05) is 12.3 Å². The monoisotopic (exact) mass is 380 g/mol. The van der Waals surface area contributed by atoms with Gasteiger partial charge >= 0.3 is 5.97 Å². The molecule has 8 nitrogen and oxygen atoms in total. The maximum absolute atomic E-state index is 12.5. The fraction of sp³-hybridized carbons (Fsp3) is 0.533. The maximum Gasteiger partial charge on any atom is 0.352 e. The van der Waals surface area contributed by atoms with Crippen molar-refractivity contribution in [1.29, 1.82) is 0 Å². The van der Waals surface area contributed by atoms with Crippen LogP contribution < -0.4 is 0 Å². The number of aliphatic carboxylic acids is 1. The van der Waals surface area contributed by atoms with Crippen LogP contribution in [0.4, 0.5) is 0 Å². The molecule has 4 heterocycles. The number of hydrogen-bond acceptors (Lipinski definition) is 7. The molecule has 10 heteroatoms. The van der Waals surface area contributed by atoms with Gasteiger partial charge in [-0.3, -0.25) is 14.5 Å². The number of nitrogens with zero attached hydrogens (tertiary/aromatic N) is 4. The zero-order chi connectivity index (χ0) is 17.9. The lowest BCUT2D eigenvalue weighted by atomic mass is 9.79. The number of thioether (sulfide) groups is 1. The van der Waals surface area contributed by atoms with E-state index in [9.17, 15) is 19.5 Å². The van der Waals surface area contributed by atoms with E-state index >= 15 is 0 Å². The molecule has 0 aromatic carbocycles. The standard InChI is InChI=1S/C15H16N4O4S2/c1-6-16-17-15(25-6)24-5-9-3-8-4-18(7(2)20)12-10(8)19(13(12)21)11(9)14(22)23/h8,10,12H,3-5H2,1-2H3,(H,22,23)/t8-,10-,12+/m1/s1. The lowest BCUT2D eigenvalue weighted by Gasteiger charge is -2.49. The summed E-state index contributed by atoms with van der Waals surface area (Å²) >= 11 is 2.89. The largest absolute Gasteiger partial charge is 0.477 e. The van der Waals surface area contributed by atoms with Crippen LogP contribution in [0.1, 0.15) is 18.4 Å². The van der Waals surface area contributed by atoms with Gasteiger partial charge in [-0.1, -0.05) is 23.1 Å². The van der Waals surface area contributed by atoms with Gasteiger partial charge in [0.05, 0.1) is 6.04 Å². The van der Waals surface area contributed by atoms with Crippen molar-refractivity contribution >= 4 is 40.9 Å². The minimum Gasteiger partial charge on any atom is -0.477 e. The molecule has 1 aromatic heterocycles. The third-order valence-electron chi connectivity index (χ3n) is 4.93. The molecule has 3 aliphatic rings. The molecule has 0 spiro atoms. The molecule has 25 heavy (non-hydrogen) atoms. The van der Waals surface area contributed by atoms with Crippen LogP contribution in [0.25, 0.3) is 0 Å².